The van der Waals surface area contributed by atoms with Crippen molar-refractivity contribution in [2.45, 2.75) is 44.7 Å². The SMILES string of the molecule is O=C(O)c1ccc(=O)n(CCS(=O)(=O)NC2CCCCC2)c1. The third kappa shape index (κ3) is 4.67. The van der Waals surface area contributed by atoms with Gasteiger partial charge in [-0.15, -0.1) is 0 Å². The van der Waals surface area contributed by atoms with Crippen molar-refractivity contribution in [3.05, 3.63) is 34.2 Å². The van der Waals surface area contributed by atoms with Gasteiger partial charge in [-0.05, 0) is 18.9 Å². The molecule has 0 spiro atoms. The molecule has 1 fully saturated rings. The maximum atomic E-state index is 12.1. The zero-order valence-corrected chi connectivity index (χ0v) is 13.0. The number of carbonyl (C=O) groups is 1. The molecule has 2 N–H and O–H groups in total. The van der Waals surface area contributed by atoms with Gasteiger partial charge in [0.25, 0.3) is 5.56 Å². The van der Waals surface area contributed by atoms with Crippen molar-refractivity contribution in [3.63, 3.8) is 0 Å². The summed E-state index contributed by atoms with van der Waals surface area (Å²) in [5, 5.41) is 8.90. The molecule has 8 heteroatoms. The van der Waals surface area contributed by atoms with Crippen molar-refractivity contribution in [2.24, 2.45) is 0 Å². The van der Waals surface area contributed by atoms with E-state index in [-0.39, 0.29) is 23.9 Å². The first kappa shape index (κ1) is 16.7. The number of rotatable bonds is 6. The number of aromatic nitrogens is 1. The van der Waals surface area contributed by atoms with Crippen LogP contribution in [0.2, 0.25) is 0 Å². The highest BCUT2D eigenvalue weighted by Crippen LogP contribution is 2.18. The quantitative estimate of drug-likeness (QED) is 0.803. The number of carboxylic acids is 1. The smallest absolute Gasteiger partial charge is 0.337 e. The number of sulfonamides is 1. The van der Waals surface area contributed by atoms with E-state index in [4.69, 9.17) is 5.11 Å². The van der Waals surface area contributed by atoms with E-state index in [0.717, 1.165) is 42.7 Å². The fraction of sp³-hybridized carbons (Fsp3) is 0.571. The van der Waals surface area contributed by atoms with Gasteiger partial charge in [0.05, 0.1) is 11.3 Å². The lowest BCUT2D eigenvalue weighted by atomic mass is 9.96. The van der Waals surface area contributed by atoms with Gasteiger partial charge in [0.2, 0.25) is 10.0 Å². The van der Waals surface area contributed by atoms with E-state index in [1.54, 1.807) is 0 Å². The van der Waals surface area contributed by atoms with E-state index in [0.29, 0.717) is 0 Å². The van der Waals surface area contributed by atoms with Crippen LogP contribution in [0.4, 0.5) is 0 Å². The zero-order chi connectivity index (χ0) is 16.2. The van der Waals surface area contributed by atoms with Gasteiger partial charge in [-0.1, -0.05) is 19.3 Å². The Balaban J connectivity index is 2.00. The molecule has 1 aromatic rings. The minimum Gasteiger partial charge on any atom is -0.478 e. The molecule has 22 heavy (non-hydrogen) atoms. The molecule has 1 saturated carbocycles. The Morgan fingerprint density at radius 1 is 1.27 bits per heavy atom. The van der Waals surface area contributed by atoms with Crippen LogP contribution < -0.4 is 10.3 Å². The van der Waals surface area contributed by atoms with Crippen molar-refractivity contribution in [2.75, 3.05) is 5.75 Å². The molecule has 122 valence electrons. The average Bonchev–Trinajstić information content (AvgIpc) is 2.46. The van der Waals surface area contributed by atoms with Gasteiger partial charge in [-0.3, -0.25) is 4.79 Å². The van der Waals surface area contributed by atoms with E-state index in [1.165, 1.54) is 12.3 Å². The van der Waals surface area contributed by atoms with Crippen LogP contribution in [0.15, 0.2) is 23.1 Å². The van der Waals surface area contributed by atoms with Crippen molar-refractivity contribution in [3.8, 4) is 0 Å². The number of aromatic carboxylic acids is 1. The minimum absolute atomic E-state index is 0.0270. The summed E-state index contributed by atoms with van der Waals surface area (Å²) in [5.41, 5.74) is -0.463. The first-order chi connectivity index (χ1) is 10.4. The normalized spacial score (nSPS) is 16.5. The lowest BCUT2D eigenvalue weighted by Gasteiger charge is -2.22. The van der Waals surface area contributed by atoms with Gasteiger partial charge in [0.15, 0.2) is 0 Å². The molecular weight excluding hydrogens is 308 g/mol. The van der Waals surface area contributed by atoms with Crippen molar-refractivity contribution in [1.82, 2.24) is 9.29 Å². The highest BCUT2D eigenvalue weighted by atomic mass is 32.2. The van der Waals surface area contributed by atoms with Crippen molar-refractivity contribution in [1.29, 1.82) is 0 Å². The van der Waals surface area contributed by atoms with Crippen LogP contribution in [0.5, 0.6) is 0 Å². The molecule has 1 aromatic heterocycles. The Hall–Kier alpha value is -1.67. The summed E-state index contributed by atoms with van der Waals surface area (Å²) in [6.45, 7) is -0.0675. The Morgan fingerprint density at radius 3 is 2.59 bits per heavy atom. The summed E-state index contributed by atoms with van der Waals surface area (Å²) in [4.78, 5) is 22.5. The van der Waals surface area contributed by atoms with Crippen LogP contribution in [0.1, 0.15) is 42.5 Å². The van der Waals surface area contributed by atoms with Crippen LogP contribution in [0.25, 0.3) is 0 Å². The van der Waals surface area contributed by atoms with Gasteiger partial charge in [0.1, 0.15) is 0 Å². The fourth-order valence-corrected chi connectivity index (χ4v) is 3.88. The molecule has 0 bridgehead atoms. The molecule has 0 aliphatic heterocycles. The van der Waals surface area contributed by atoms with E-state index >= 15 is 0 Å². The molecule has 1 heterocycles. The lowest BCUT2D eigenvalue weighted by molar-refractivity contribution is 0.0696. The first-order valence-electron chi connectivity index (χ1n) is 7.31. The Morgan fingerprint density at radius 2 is 1.95 bits per heavy atom. The molecule has 1 aliphatic carbocycles. The molecule has 7 nitrogen and oxygen atoms in total. The molecule has 0 saturated heterocycles. The van der Waals surface area contributed by atoms with Gasteiger partial charge < -0.3 is 9.67 Å². The summed E-state index contributed by atoms with van der Waals surface area (Å²) in [6.07, 6.45) is 6.03. The number of nitrogens with zero attached hydrogens (tertiary/aromatic N) is 1. The van der Waals surface area contributed by atoms with Crippen LogP contribution >= 0.6 is 0 Å². The van der Waals surface area contributed by atoms with Gasteiger partial charge in [0, 0.05) is 24.8 Å². The molecule has 0 radical (unpaired) electrons. The van der Waals surface area contributed by atoms with Crippen LogP contribution in [0.3, 0.4) is 0 Å². The monoisotopic (exact) mass is 328 g/mol. The fourth-order valence-electron chi connectivity index (χ4n) is 2.58. The van der Waals surface area contributed by atoms with Crippen LogP contribution in [-0.2, 0) is 16.6 Å². The van der Waals surface area contributed by atoms with Crippen LogP contribution in [0, 0.1) is 0 Å². The minimum atomic E-state index is -3.49. The molecule has 0 aromatic carbocycles. The number of aryl methyl sites for hydroxylation is 1. The van der Waals surface area contributed by atoms with E-state index in [1.807, 2.05) is 0 Å². The first-order valence-corrected chi connectivity index (χ1v) is 8.96. The Bertz CT molecular complexity index is 689. The van der Waals surface area contributed by atoms with Crippen molar-refractivity contribution < 1.29 is 18.3 Å². The molecular formula is C14H20N2O5S. The number of nitrogens with one attached hydrogen (secondary N) is 1. The highest BCUT2D eigenvalue weighted by molar-refractivity contribution is 7.89. The maximum absolute atomic E-state index is 12.1. The molecule has 0 unspecified atom stereocenters. The molecule has 1 aliphatic rings. The topological polar surface area (TPSA) is 105 Å². The largest absolute Gasteiger partial charge is 0.478 e. The maximum Gasteiger partial charge on any atom is 0.337 e. The number of carboxylic acid groups (broad SMARTS) is 1. The highest BCUT2D eigenvalue weighted by Gasteiger charge is 2.20. The predicted octanol–water partition coefficient (Wildman–Crippen LogP) is 0.799. The van der Waals surface area contributed by atoms with Gasteiger partial charge in [-0.2, -0.15) is 0 Å². The second-order valence-corrected chi connectivity index (χ2v) is 7.40. The third-order valence-corrected chi connectivity index (χ3v) is 5.20. The van der Waals surface area contributed by atoms with E-state index in [9.17, 15) is 18.0 Å². The lowest BCUT2D eigenvalue weighted by Crippen LogP contribution is -2.39. The van der Waals surface area contributed by atoms with Crippen LogP contribution in [-0.4, -0.2) is 35.9 Å². The Kier molecular flexibility index (Phi) is 5.36. The van der Waals surface area contributed by atoms with E-state index < -0.39 is 21.6 Å². The second kappa shape index (κ2) is 7.06. The summed E-state index contributed by atoms with van der Waals surface area (Å²) in [7, 11) is -3.49. The molecule has 0 atom stereocenters. The van der Waals surface area contributed by atoms with Gasteiger partial charge >= 0.3 is 5.97 Å². The molecule has 0 amide bonds. The van der Waals surface area contributed by atoms with E-state index in [2.05, 4.69) is 4.72 Å². The number of hydrogen-bond acceptors (Lipinski definition) is 4. The predicted molar refractivity (Wildman–Crippen MR) is 81.5 cm³/mol. The summed E-state index contributed by atoms with van der Waals surface area (Å²) in [6, 6.07) is 2.31. The standard InChI is InChI=1S/C14H20N2O5S/c17-13-7-6-11(14(18)19)10-16(13)8-9-22(20,21)15-12-4-2-1-3-5-12/h6-7,10,12,15H,1-5,8-9H2,(H,18,19). The summed E-state index contributed by atoms with van der Waals surface area (Å²) < 4.78 is 27.9. The van der Waals surface area contributed by atoms with Crippen molar-refractivity contribution >= 4 is 16.0 Å². The summed E-state index contributed by atoms with van der Waals surface area (Å²) in [5.74, 6) is -1.40. The van der Waals surface area contributed by atoms with Gasteiger partial charge in [-0.25, -0.2) is 17.9 Å². The number of pyridine rings is 1. The Labute approximate surface area is 129 Å². The second-order valence-electron chi connectivity index (χ2n) is 5.53. The third-order valence-electron chi connectivity index (χ3n) is 3.78. The zero-order valence-electron chi connectivity index (χ0n) is 12.2. The average molecular weight is 328 g/mol. The summed E-state index contributed by atoms with van der Waals surface area (Å²) >= 11 is 0. The number of hydrogen-bond donors (Lipinski definition) is 2. The molecule has 2 rings (SSSR count).